The van der Waals surface area contributed by atoms with E-state index in [0.29, 0.717) is 21.3 Å². The average molecular weight is 411 g/mol. The molecule has 8 nitrogen and oxygen atoms in total. The van der Waals surface area contributed by atoms with Crippen molar-refractivity contribution in [2.24, 2.45) is 0 Å². The van der Waals surface area contributed by atoms with Crippen LogP contribution in [-0.2, 0) is 16.1 Å². The third kappa shape index (κ3) is 3.23. The van der Waals surface area contributed by atoms with E-state index in [2.05, 4.69) is 4.98 Å². The third-order valence-electron chi connectivity index (χ3n) is 4.95. The second kappa shape index (κ2) is 7.25. The number of rotatable bonds is 5. The maximum atomic E-state index is 12.6. The number of nitrogens with zero attached hydrogens (tertiary/aromatic N) is 3. The lowest BCUT2D eigenvalue weighted by Gasteiger charge is -2.14. The lowest BCUT2D eigenvalue weighted by Crippen LogP contribution is -2.33. The number of aromatic nitrogens is 2. The number of carbonyl (C=O) groups excluding carboxylic acids is 3. The smallest absolute Gasteiger partial charge is 0.309 e. The molecule has 1 aliphatic rings. The average Bonchev–Trinajstić information content (AvgIpc) is 3.14. The van der Waals surface area contributed by atoms with Gasteiger partial charge in [0, 0.05) is 11.4 Å². The van der Waals surface area contributed by atoms with Crippen molar-refractivity contribution in [3.05, 3.63) is 62.5 Å². The second-order valence-electron chi connectivity index (χ2n) is 6.69. The zero-order valence-corrected chi connectivity index (χ0v) is 16.6. The number of esters is 1. The van der Waals surface area contributed by atoms with E-state index in [1.54, 1.807) is 24.3 Å². The van der Waals surface area contributed by atoms with Gasteiger partial charge < -0.3 is 4.74 Å². The van der Waals surface area contributed by atoms with E-state index in [-0.39, 0.29) is 18.5 Å². The van der Waals surface area contributed by atoms with E-state index in [1.807, 2.05) is 13.8 Å². The van der Waals surface area contributed by atoms with Gasteiger partial charge in [0.15, 0.2) is 6.73 Å². The zero-order chi connectivity index (χ0) is 20.7. The minimum atomic E-state index is -0.619. The Hall–Kier alpha value is -3.33. The Labute approximate surface area is 169 Å². The number of ether oxygens (including phenoxy) is 1. The van der Waals surface area contributed by atoms with Crippen LogP contribution in [0.25, 0.3) is 10.2 Å². The Balaban J connectivity index is 1.39. The number of fused-ring (bicyclic) bond motifs is 2. The Bertz CT molecular complexity index is 1190. The Morgan fingerprint density at radius 3 is 2.41 bits per heavy atom. The SMILES string of the molecule is Cc1sc2ncn(CCC(=O)OCN3C(=O)c4ccccc4C3=O)c(=O)c2c1C. The lowest BCUT2D eigenvalue weighted by molar-refractivity contribution is -0.146. The molecular weight excluding hydrogens is 394 g/mol. The highest BCUT2D eigenvalue weighted by Gasteiger charge is 2.35. The van der Waals surface area contributed by atoms with E-state index in [4.69, 9.17) is 4.74 Å². The van der Waals surface area contributed by atoms with Gasteiger partial charge in [-0.25, -0.2) is 9.88 Å². The molecule has 0 radical (unpaired) electrons. The number of carbonyl (C=O) groups is 3. The van der Waals surface area contributed by atoms with Gasteiger partial charge in [-0.1, -0.05) is 12.1 Å². The van der Waals surface area contributed by atoms with E-state index in [9.17, 15) is 19.2 Å². The highest BCUT2D eigenvalue weighted by Crippen LogP contribution is 2.25. The molecular formula is C20H17N3O5S. The Morgan fingerprint density at radius 2 is 1.76 bits per heavy atom. The normalized spacial score (nSPS) is 13.2. The number of hydrogen-bond acceptors (Lipinski definition) is 7. The molecule has 0 aliphatic carbocycles. The monoisotopic (exact) mass is 411 g/mol. The van der Waals surface area contributed by atoms with Crippen LogP contribution in [0.5, 0.6) is 0 Å². The van der Waals surface area contributed by atoms with E-state index < -0.39 is 24.5 Å². The molecule has 4 rings (SSSR count). The van der Waals surface area contributed by atoms with Crippen molar-refractivity contribution in [1.29, 1.82) is 0 Å². The highest BCUT2D eigenvalue weighted by molar-refractivity contribution is 7.18. The van der Waals surface area contributed by atoms with Gasteiger partial charge in [-0.3, -0.25) is 23.7 Å². The van der Waals surface area contributed by atoms with Gasteiger partial charge >= 0.3 is 5.97 Å². The number of amides is 2. The summed E-state index contributed by atoms with van der Waals surface area (Å²) < 4.78 is 6.45. The number of aryl methyl sites for hydroxylation is 3. The molecule has 0 unspecified atom stereocenters. The molecule has 1 aliphatic heterocycles. The summed E-state index contributed by atoms with van der Waals surface area (Å²) in [6, 6.07) is 6.44. The molecule has 3 aromatic rings. The molecule has 0 fully saturated rings. The van der Waals surface area contributed by atoms with Crippen molar-refractivity contribution in [3.8, 4) is 0 Å². The maximum absolute atomic E-state index is 12.6. The number of thiophene rings is 1. The van der Waals surface area contributed by atoms with E-state index in [1.165, 1.54) is 22.2 Å². The van der Waals surface area contributed by atoms with Crippen LogP contribution in [0.15, 0.2) is 35.4 Å². The molecule has 9 heteroatoms. The first-order chi connectivity index (χ1) is 13.9. The molecule has 1 aromatic carbocycles. The summed E-state index contributed by atoms with van der Waals surface area (Å²) >= 11 is 1.46. The number of benzene rings is 1. The fourth-order valence-corrected chi connectivity index (χ4v) is 4.19. The predicted molar refractivity (Wildman–Crippen MR) is 106 cm³/mol. The summed E-state index contributed by atoms with van der Waals surface area (Å²) in [4.78, 5) is 56.1. The Morgan fingerprint density at radius 1 is 1.10 bits per heavy atom. The van der Waals surface area contributed by atoms with Crippen LogP contribution >= 0.6 is 11.3 Å². The minimum absolute atomic E-state index is 0.0849. The molecule has 0 spiro atoms. The van der Waals surface area contributed by atoms with Gasteiger partial charge in [0.05, 0.1) is 29.3 Å². The maximum Gasteiger partial charge on any atom is 0.309 e. The quantitative estimate of drug-likeness (QED) is 0.472. The van der Waals surface area contributed by atoms with Crippen LogP contribution in [-0.4, -0.2) is 39.0 Å². The first-order valence-electron chi connectivity index (χ1n) is 8.94. The molecule has 0 saturated carbocycles. The fourth-order valence-electron chi connectivity index (χ4n) is 3.21. The molecule has 2 amide bonds. The van der Waals surface area contributed by atoms with Crippen LogP contribution < -0.4 is 5.56 Å². The van der Waals surface area contributed by atoms with Gasteiger partial charge in [0.2, 0.25) is 0 Å². The lowest BCUT2D eigenvalue weighted by atomic mass is 10.1. The molecule has 0 bridgehead atoms. The third-order valence-corrected chi connectivity index (χ3v) is 6.06. The first-order valence-corrected chi connectivity index (χ1v) is 9.76. The standard InChI is InChI=1S/C20H17N3O5S/c1-11-12(2)29-17-16(11)20(27)22(9-21-17)8-7-15(24)28-10-23-18(25)13-5-3-4-6-14(13)19(23)26/h3-6,9H,7-8,10H2,1-2H3. The molecule has 29 heavy (non-hydrogen) atoms. The van der Waals surface area contributed by atoms with Crippen LogP contribution in [0.3, 0.4) is 0 Å². The summed E-state index contributed by atoms with van der Waals surface area (Å²) in [5.74, 6) is -1.60. The molecule has 0 atom stereocenters. The van der Waals surface area contributed by atoms with Gasteiger partial charge in [-0.15, -0.1) is 11.3 Å². The highest BCUT2D eigenvalue weighted by atomic mass is 32.1. The largest absolute Gasteiger partial charge is 0.444 e. The van der Waals surface area contributed by atoms with Crippen LogP contribution in [0.1, 0.15) is 37.6 Å². The molecule has 0 N–H and O–H groups in total. The summed E-state index contributed by atoms with van der Waals surface area (Å²) in [6.45, 7) is 3.44. The first kappa shape index (κ1) is 19.0. The van der Waals surface area contributed by atoms with Gasteiger partial charge in [0.25, 0.3) is 17.4 Å². The molecule has 0 saturated heterocycles. The van der Waals surface area contributed by atoms with Crippen molar-refractivity contribution in [2.75, 3.05) is 6.73 Å². The fraction of sp³-hybridized carbons (Fsp3) is 0.250. The van der Waals surface area contributed by atoms with Crippen molar-refractivity contribution in [3.63, 3.8) is 0 Å². The van der Waals surface area contributed by atoms with Gasteiger partial charge in [-0.05, 0) is 31.5 Å². The van der Waals surface area contributed by atoms with Gasteiger partial charge in [0.1, 0.15) is 4.83 Å². The molecule has 148 valence electrons. The molecule has 3 heterocycles. The van der Waals surface area contributed by atoms with E-state index >= 15 is 0 Å². The zero-order valence-electron chi connectivity index (χ0n) is 15.8. The Kier molecular flexibility index (Phi) is 4.75. The van der Waals surface area contributed by atoms with Crippen molar-refractivity contribution >= 4 is 39.3 Å². The van der Waals surface area contributed by atoms with E-state index in [0.717, 1.165) is 15.3 Å². The van der Waals surface area contributed by atoms with Crippen LogP contribution in [0, 0.1) is 13.8 Å². The number of hydrogen-bond donors (Lipinski definition) is 0. The summed E-state index contributed by atoms with van der Waals surface area (Å²) in [5, 5.41) is 0.564. The predicted octanol–water partition coefficient (Wildman–Crippen LogP) is 2.26. The minimum Gasteiger partial charge on any atom is -0.444 e. The van der Waals surface area contributed by atoms with Crippen molar-refractivity contribution < 1.29 is 19.1 Å². The summed E-state index contributed by atoms with van der Waals surface area (Å²) in [6.07, 6.45) is 1.33. The number of imide groups is 1. The van der Waals surface area contributed by atoms with Crippen molar-refractivity contribution in [1.82, 2.24) is 14.5 Å². The van der Waals surface area contributed by atoms with Gasteiger partial charge in [-0.2, -0.15) is 0 Å². The molecule has 2 aromatic heterocycles. The van der Waals surface area contributed by atoms with Crippen LogP contribution in [0.4, 0.5) is 0 Å². The second-order valence-corrected chi connectivity index (χ2v) is 7.89. The van der Waals surface area contributed by atoms with Crippen LogP contribution in [0.2, 0.25) is 0 Å². The topological polar surface area (TPSA) is 98.6 Å². The van der Waals surface area contributed by atoms with Crippen molar-refractivity contribution in [2.45, 2.75) is 26.8 Å². The summed E-state index contributed by atoms with van der Waals surface area (Å²) in [7, 11) is 0. The summed E-state index contributed by atoms with van der Waals surface area (Å²) in [5.41, 5.74) is 1.27.